The van der Waals surface area contributed by atoms with E-state index in [1.807, 2.05) is 6.92 Å². The molecule has 0 saturated heterocycles. The topological polar surface area (TPSA) is 81.4 Å². The van der Waals surface area contributed by atoms with Crippen LogP contribution in [-0.2, 0) is 16.0 Å². The first-order valence-electron chi connectivity index (χ1n) is 5.85. The molecule has 1 heterocycles. The number of anilines is 1. The summed E-state index contributed by atoms with van der Waals surface area (Å²) in [5.74, 6) is -0.738. The maximum Gasteiger partial charge on any atom is 0.341 e. The maximum absolute atomic E-state index is 11.7. The zero-order valence-corrected chi connectivity index (χ0v) is 11.6. The number of esters is 1. The van der Waals surface area contributed by atoms with Crippen molar-refractivity contribution in [1.82, 2.24) is 0 Å². The van der Waals surface area contributed by atoms with E-state index in [2.05, 4.69) is 5.32 Å². The molecule has 0 saturated carbocycles. The normalized spacial score (nSPS) is 12.0. The molecule has 100 valence electrons. The summed E-state index contributed by atoms with van der Waals surface area (Å²) in [6.07, 6.45) is 0.797. The quantitative estimate of drug-likeness (QED) is 0.799. The number of rotatable bonds is 5. The molecular weight excluding hydrogens is 252 g/mol. The van der Waals surface area contributed by atoms with Gasteiger partial charge < -0.3 is 15.8 Å². The van der Waals surface area contributed by atoms with Crippen molar-refractivity contribution in [3.8, 4) is 0 Å². The molecule has 0 spiro atoms. The van der Waals surface area contributed by atoms with E-state index in [4.69, 9.17) is 10.5 Å². The fourth-order valence-corrected chi connectivity index (χ4v) is 2.28. The Hall–Kier alpha value is -1.40. The summed E-state index contributed by atoms with van der Waals surface area (Å²) in [4.78, 5) is 24.3. The molecule has 0 aliphatic heterocycles. The van der Waals surface area contributed by atoms with Crippen molar-refractivity contribution in [1.29, 1.82) is 0 Å². The largest absolute Gasteiger partial charge is 0.462 e. The average Bonchev–Trinajstić information content (AvgIpc) is 2.72. The fourth-order valence-electron chi connectivity index (χ4n) is 1.30. The molecule has 1 rings (SSSR count). The van der Waals surface area contributed by atoms with Crippen LogP contribution in [0.3, 0.4) is 0 Å². The van der Waals surface area contributed by atoms with Crippen LogP contribution in [0.1, 0.15) is 36.0 Å². The molecule has 1 amide bonds. The molecule has 0 radical (unpaired) electrons. The highest BCUT2D eigenvalue weighted by Gasteiger charge is 2.19. The molecule has 18 heavy (non-hydrogen) atoms. The van der Waals surface area contributed by atoms with Gasteiger partial charge in [0.2, 0.25) is 5.91 Å². The summed E-state index contributed by atoms with van der Waals surface area (Å²) in [6, 6.07) is 1.13. The Balaban J connectivity index is 2.98. The van der Waals surface area contributed by atoms with Gasteiger partial charge in [0.1, 0.15) is 5.00 Å². The standard InChI is InChI=1S/C12H18N2O3S/c1-4-8-6-9(12(16)17-5-2)11(18-8)14-10(15)7(3)13/h6-7H,4-5,13H2,1-3H3,(H,14,15)/t7-/m0/s1. The molecule has 1 atom stereocenters. The van der Waals surface area contributed by atoms with Gasteiger partial charge in [-0.15, -0.1) is 11.3 Å². The van der Waals surface area contributed by atoms with E-state index in [9.17, 15) is 9.59 Å². The van der Waals surface area contributed by atoms with Crippen LogP contribution in [0.4, 0.5) is 5.00 Å². The highest BCUT2D eigenvalue weighted by molar-refractivity contribution is 7.16. The summed E-state index contributed by atoms with van der Waals surface area (Å²) in [7, 11) is 0. The third-order valence-corrected chi connectivity index (χ3v) is 3.47. The third-order valence-electron chi connectivity index (χ3n) is 2.28. The molecule has 5 nitrogen and oxygen atoms in total. The number of hydrogen-bond acceptors (Lipinski definition) is 5. The SMILES string of the molecule is CCOC(=O)c1cc(CC)sc1NC(=O)[C@H](C)N. The van der Waals surface area contributed by atoms with Gasteiger partial charge in [-0.2, -0.15) is 0 Å². The summed E-state index contributed by atoms with van der Waals surface area (Å²) in [5.41, 5.74) is 5.88. The minimum absolute atomic E-state index is 0.302. The van der Waals surface area contributed by atoms with Crippen molar-refractivity contribution in [2.24, 2.45) is 5.73 Å². The van der Waals surface area contributed by atoms with Gasteiger partial charge in [0, 0.05) is 4.88 Å². The minimum Gasteiger partial charge on any atom is -0.462 e. The van der Waals surface area contributed by atoms with Gasteiger partial charge in [-0.05, 0) is 26.3 Å². The first-order valence-corrected chi connectivity index (χ1v) is 6.67. The smallest absolute Gasteiger partial charge is 0.341 e. The van der Waals surface area contributed by atoms with E-state index in [1.165, 1.54) is 11.3 Å². The second kappa shape index (κ2) is 6.51. The van der Waals surface area contributed by atoms with Crippen LogP contribution in [-0.4, -0.2) is 24.5 Å². The number of nitrogens with one attached hydrogen (secondary N) is 1. The van der Waals surface area contributed by atoms with Crippen LogP contribution in [0.5, 0.6) is 0 Å². The monoisotopic (exact) mass is 270 g/mol. The molecular formula is C12H18N2O3S. The van der Waals surface area contributed by atoms with E-state index >= 15 is 0 Å². The van der Waals surface area contributed by atoms with Crippen molar-refractivity contribution < 1.29 is 14.3 Å². The summed E-state index contributed by atoms with van der Waals surface area (Å²) >= 11 is 1.37. The average molecular weight is 270 g/mol. The molecule has 1 aromatic rings. The number of amides is 1. The van der Waals surface area contributed by atoms with Gasteiger partial charge in [0.25, 0.3) is 0 Å². The molecule has 0 unspecified atom stereocenters. The Labute approximate surface area is 110 Å². The number of hydrogen-bond donors (Lipinski definition) is 2. The van der Waals surface area contributed by atoms with Crippen LogP contribution in [0.15, 0.2) is 6.07 Å². The lowest BCUT2D eigenvalue weighted by Gasteiger charge is -2.07. The Morgan fingerprint density at radius 3 is 2.67 bits per heavy atom. The van der Waals surface area contributed by atoms with Crippen LogP contribution in [0.2, 0.25) is 0 Å². The fraction of sp³-hybridized carbons (Fsp3) is 0.500. The highest BCUT2D eigenvalue weighted by Crippen LogP contribution is 2.29. The van der Waals surface area contributed by atoms with Crippen LogP contribution in [0.25, 0.3) is 0 Å². The Morgan fingerprint density at radius 1 is 1.50 bits per heavy atom. The number of thiophene rings is 1. The highest BCUT2D eigenvalue weighted by atomic mass is 32.1. The predicted molar refractivity (Wildman–Crippen MR) is 71.9 cm³/mol. The lowest BCUT2D eigenvalue weighted by Crippen LogP contribution is -2.32. The molecule has 6 heteroatoms. The van der Waals surface area contributed by atoms with E-state index in [0.29, 0.717) is 17.2 Å². The second-order valence-electron chi connectivity index (χ2n) is 3.81. The summed E-state index contributed by atoms with van der Waals surface area (Å²) in [6.45, 7) is 5.62. The lowest BCUT2D eigenvalue weighted by atomic mass is 10.2. The van der Waals surface area contributed by atoms with E-state index in [1.54, 1.807) is 19.9 Å². The molecule has 0 aliphatic rings. The van der Waals surface area contributed by atoms with Crippen molar-refractivity contribution in [2.75, 3.05) is 11.9 Å². The maximum atomic E-state index is 11.7. The zero-order valence-electron chi connectivity index (χ0n) is 10.8. The predicted octanol–water partition coefficient (Wildman–Crippen LogP) is 1.77. The number of carbonyl (C=O) groups excluding carboxylic acids is 2. The first-order chi connectivity index (χ1) is 8.49. The number of nitrogens with two attached hydrogens (primary N) is 1. The second-order valence-corrected chi connectivity index (χ2v) is 4.94. The van der Waals surface area contributed by atoms with E-state index in [-0.39, 0.29) is 5.91 Å². The van der Waals surface area contributed by atoms with Gasteiger partial charge in [-0.25, -0.2) is 4.79 Å². The van der Waals surface area contributed by atoms with Gasteiger partial charge >= 0.3 is 5.97 Å². The Morgan fingerprint density at radius 2 is 2.17 bits per heavy atom. The molecule has 0 aliphatic carbocycles. The molecule has 0 fully saturated rings. The van der Waals surface area contributed by atoms with Gasteiger partial charge in [0.15, 0.2) is 0 Å². The molecule has 0 bridgehead atoms. The number of carbonyl (C=O) groups is 2. The van der Waals surface area contributed by atoms with Crippen LogP contribution >= 0.6 is 11.3 Å². The van der Waals surface area contributed by atoms with Crippen molar-refractivity contribution >= 4 is 28.2 Å². The van der Waals surface area contributed by atoms with Gasteiger partial charge in [0.05, 0.1) is 18.2 Å². The van der Waals surface area contributed by atoms with Gasteiger partial charge in [-0.3, -0.25) is 4.79 Å². The number of aryl methyl sites for hydroxylation is 1. The first kappa shape index (κ1) is 14.7. The molecule has 1 aromatic heterocycles. The molecule has 0 aromatic carbocycles. The number of ether oxygens (including phenoxy) is 1. The minimum atomic E-state index is -0.618. The lowest BCUT2D eigenvalue weighted by molar-refractivity contribution is -0.117. The zero-order chi connectivity index (χ0) is 13.7. The van der Waals surface area contributed by atoms with E-state index in [0.717, 1.165) is 11.3 Å². The van der Waals surface area contributed by atoms with Gasteiger partial charge in [-0.1, -0.05) is 6.92 Å². The van der Waals surface area contributed by atoms with Crippen LogP contribution in [0, 0.1) is 0 Å². The van der Waals surface area contributed by atoms with Crippen LogP contribution < -0.4 is 11.1 Å². The van der Waals surface area contributed by atoms with E-state index < -0.39 is 12.0 Å². The Kier molecular flexibility index (Phi) is 5.30. The van der Waals surface area contributed by atoms with Crippen molar-refractivity contribution in [2.45, 2.75) is 33.2 Å². The Bertz CT molecular complexity index is 441. The summed E-state index contributed by atoms with van der Waals surface area (Å²) < 4.78 is 4.95. The summed E-state index contributed by atoms with van der Waals surface area (Å²) in [5, 5.41) is 3.16. The van der Waals surface area contributed by atoms with Crippen molar-refractivity contribution in [3.05, 3.63) is 16.5 Å². The van der Waals surface area contributed by atoms with Crippen molar-refractivity contribution in [3.63, 3.8) is 0 Å². The molecule has 3 N–H and O–H groups in total. The third kappa shape index (κ3) is 3.54.